The molecule has 0 saturated carbocycles. The minimum absolute atomic E-state index is 0.0754. The smallest absolute Gasteiger partial charge is 0.410 e. The molecule has 2 heterocycles. The summed E-state index contributed by atoms with van der Waals surface area (Å²) < 4.78 is 26.6. The standard InChI is InChI=1S/C20H29FN4O3/c1-19(2,3)28-18(26)25-9-7-20(21,8-10-25)13-5-6-14(16(11-13)27-4)15-12-17(22)24-23-15/h5-6,11,15,23H,7-10,12H2,1-4H3,(H2,22,24). The molecule has 28 heavy (non-hydrogen) atoms. The molecule has 0 bridgehead atoms. The number of halogens is 1. The molecule has 0 spiro atoms. The predicted octanol–water partition coefficient (Wildman–Crippen LogP) is 3.20. The van der Waals surface area contributed by atoms with Gasteiger partial charge >= 0.3 is 6.09 Å². The van der Waals surface area contributed by atoms with Crippen molar-refractivity contribution in [3.05, 3.63) is 29.3 Å². The Balaban J connectivity index is 1.71. The van der Waals surface area contributed by atoms with Crippen LogP contribution in [0.1, 0.15) is 57.2 Å². The molecular weight excluding hydrogens is 363 g/mol. The van der Waals surface area contributed by atoms with Gasteiger partial charge in [-0.05, 0) is 32.4 Å². The fraction of sp³-hybridized carbons (Fsp3) is 0.600. The molecule has 0 radical (unpaired) electrons. The van der Waals surface area contributed by atoms with Crippen molar-refractivity contribution >= 4 is 11.9 Å². The Bertz CT molecular complexity index is 767. The number of carbonyl (C=O) groups excluding carboxylic acids is 1. The lowest BCUT2D eigenvalue weighted by Gasteiger charge is -2.37. The zero-order valence-corrected chi connectivity index (χ0v) is 16.9. The van der Waals surface area contributed by atoms with Gasteiger partial charge in [-0.15, -0.1) is 0 Å². The highest BCUT2D eigenvalue weighted by Gasteiger charge is 2.39. The minimum atomic E-state index is -1.51. The number of likely N-dealkylation sites (tertiary alicyclic amines) is 1. The molecule has 1 atom stereocenters. The van der Waals surface area contributed by atoms with Crippen LogP contribution in [0.2, 0.25) is 0 Å². The van der Waals surface area contributed by atoms with E-state index in [1.54, 1.807) is 24.1 Å². The van der Waals surface area contributed by atoms with Crippen LogP contribution in [0.4, 0.5) is 9.18 Å². The second-order valence-corrected chi connectivity index (χ2v) is 8.38. The largest absolute Gasteiger partial charge is 0.496 e. The van der Waals surface area contributed by atoms with Crippen molar-refractivity contribution in [3.63, 3.8) is 0 Å². The maximum atomic E-state index is 15.7. The molecule has 154 valence electrons. The number of nitrogens with zero attached hydrogens (tertiary/aromatic N) is 2. The first-order valence-electron chi connectivity index (χ1n) is 9.54. The van der Waals surface area contributed by atoms with Crippen LogP contribution in [-0.2, 0) is 10.4 Å². The molecule has 1 aromatic rings. The van der Waals surface area contributed by atoms with E-state index in [1.807, 2.05) is 26.8 Å². The molecule has 2 aliphatic rings. The van der Waals surface area contributed by atoms with Gasteiger partial charge in [-0.25, -0.2) is 9.18 Å². The van der Waals surface area contributed by atoms with Crippen LogP contribution in [-0.4, -0.2) is 42.6 Å². The molecule has 1 unspecified atom stereocenters. The highest BCUT2D eigenvalue weighted by atomic mass is 19.1. The van der Waals surface area contributed by atoms with Crippen LogP contribution >= 0.6 is 0 Å². The molecule has 8 heteroatoms. The molecular formula is C20H29FN4O3. The molecule has 2 aliphatic heterocycles. The van der Waals surface area contributed by atoms with Crippen molar-refractivity contribution in [3.8, 4) is 5.75 Å². The summed E-state index contributed by atoms with van der Waals surface area (Å²) in [6.45, 7) is 6.08. The van der Waals surface area contributed by atoms with Gasteiger partial charge in [-0.3, -0.25) is 0 Å². The summed E-state index contributed by atoms with van der Waals surface area (Å²) in [5.41, 5.74) is 8.09. The Morgan fingerprint density at radius 1 is 1.36 bits per heavy atom. The molecule has 1 fully saturated rings. The highest BCUT2D eigenvalue weighted by Crippen LogP contribution is 2.40. The fourth-order valence-corrected chi connectivity index (χ4v) is 3.58. The van der Waals surface area contributed by atoms with Crippen molar-refractivity contribution in [2.45, 2.75) is 57.3 Å². The van der Waals surface area contributed by atoms with E-state index in [4.69, 9.17) is 15.2 Å². The molecule has 1 aromatic carbocycles. The zero-order chi connectivity index (χ0) is 20.5. The monoisotopic (exact) mass is 392 g/mol. The van der Waals surface area contributed by atoms with Gasteiger partial charge in [-0.1, -0.05) is 12.1 Å². The second-order valence-electron chi connectivity index (χ2n) is 8.38. The Kier molecular flexibility index (Phi) is 5.41. The predicted molar refractivity (Wildman–Crippen MR) is 105 cm³/mol. The van der Waals surface area contributed by atoms with Crippen LogP contribution in [0.15, 0.2) is 23.3 Å². The highest BCUT2D eigenvalue weighted by molar-refractivity contribution is 5.82. The number of alkyl halides is 1. The zero-order valence-electron chi connectivity index (χ0n) is 16.9. The number of piperidine rings is 1. The van der Waals surface area contributed by atoms with Gasteiger partial charge in [0.1, 0.15) is 22.9 Å². The summed E-state index contributed by atoms with van der Waals surface area (Å²) in [7, 11) is 1.57. The number of carbonyl (C=O) groups is 1. The van der Waals surface area contributed by atoms with E-state index in [0.717, 1.165) is 5.56 Å². The molecule has 0 aromatic heterocycles. The van der Waals surface area contributed by atoms with Crippen LogP contribution in [0.25, 0.3) is 0 Å². The molecule has 3 rings (SSSR count). The van der Waals surface area contributed by atoms with E-state index >= 15 is 4.39 Å². The average Bonchev–Trinajstić information content (AvgIpc) is 3.06. The maximum Gasteiger partial charge on any atom is 0.410 e. The van der Waals surface area contributed by atoms with Gasteiger partial charge in [-0.2, -0.15) is 5.10 Å². The number of ether oxygens (including phenoxy) is 2. The van der Waals surface area contributed by atoms with Gasteiger partial charge < -0.3 is 25.5 Å². The number of methoxy groups -OCH3 is 1. The Hall–Kier alpha value is -2.51. The number of nitrogens with one attached hydrogen (secondary N) is 1. The summed E-state index contributed by atoms with van der Waals surface area (Å²) in [5.74, 6) is 1.14. The molecule has 7 nitrogen and oxygen atoms in total. The number of rotatable bonds is 3. The summed E-state index contributed by atoms with van der Waals surface area (Å²) >= 11 is 0. The number of amides is 1. The Morgan fingerprint density at radius 3 is 2.57 bits per heavy atom. The van der Waals surface area contributed by atoms with Crippen LogP contribution in [0.3, 0.4) is 0 Å². The Morgan fingerprint density at radius 2 is 2.04 bits per heavy atom. The normalized spacial score (nSPS) is 21.7. The van der Waals surface area contributed by atoms with Crippen LogP contribution in [0, 0.1) is 0 Å². The van der Waals surface area contributed by atoms with Crippen molar-refractivity contribution in [1.82, 2.24) is 10.3 Å². The first-order chi connectivity index (χ1) is 13.1. The van der Waals surface area contributed by atoms with Crippen molar-refractivity contribution < 1.29 is 18.7 Å². The lowest BCUT2D eigenvalue weighted by molar-refractivity contribution is 0.00215. The van der Waals surface area contributed by atoms with Crippen LogP contribution < -0.4 is 15.9 Å². The molecule has 0 aliphatic carbocycles. The third-order valence-electron chi connectivity index (χ3n) is 5.11. The molecule has 1 saturated heterocycles. The van der Waals surface area contributed by atoms with Gasteiger partial charge in [0, 0.05) is 37.9 Å². The summed E-state index contributed by atoms with van der Waals surface area (Å²) in [5, 5.41) is 4.01. The van der Waals surface area contributed by atoms with Gasteiger partial charge in [0.2, 0.25) is 0 Å². The first-order valence-corrected chi connectivity index (χ1v) is 9.54. The van der Waals surface area contributed by atoms with Crippen molar-refractivity contribution in [2.75, 3.05) is 20.2 Å². The first kappa shape index (κ1) is 20.2. The van der Waals surface area contributed by atoms with E-state index in [9.17, 15) is 4.79 Å². The van der Waals surface area contributed by atoms with Gasteiger partial charge in [0.15, 0.2) is 0 Å². The quantitative estimate of drug-likeness (QED) is 0.825. The van der Waals surface area contributed by atoms with E-state index in [0.29, 0.717) is 36.7 Å². The van der Waals surface area contributed by atoms with Gasteiger partial charge in [0.05, 0.1) is 13.2 Å². The molecule has 1 amide bonds. The summed E-state index contributed by atoms with van der Waals surface area (Å²) in [4.78, 5) is 13.8. The number of hydrogen-bond acceptors (Lipinski definition) is 6. The van der Waals surface area contributed by atoms with E-state index in [-0.39, 0.29) is 18.9 Å². The summed E-state index contributed by atoms with van der Waals surface area (Å²) in [6.07, 6.45) is 0.618. The average molecular weight is 392 g/mol. The number of amidine groups is 1. The number of nitrogens with two attached hydrogens (primary N) is 1. The Labute approximate surface area is 165 Å². The SMILES string of the molecule is COc1cc(C2(F)CCN(C(=O)OC(C)(C)C)CC2)ccc1C1CC(N)=NN1. The third-order valence-corrected chi connectivity index (χ3v) is 5.11. The van der Waals surface area contributed by atoms with Crippen molar-refractivity contribution in [1.29, 1.82) is 0 Å². The summed E-state index contributed by atoms with van der Waals surface area (Å²) in [6, 6.07) is 5.32. The number of hydrogen-bond donors (Lipinski definition) is 2. The second kappa shape index (κ2) is 7.48. The molecule has 3 N–H and O–H groups in total. The number of benzene rings is 1. The van der Waals surface area contributed by atoms with E-state index in [1.165, 1.54) is 0 Å². The van der Waals surface area contributed by atoms with Crippen LogP contribution in [0.5, 0.6) is 5.75 Å². The van der Waals surface area contributed by atoms with Crippen molar-refractivity contribution in [2.24, 2.45) is 10.8 Å². The van der Waals surface area contributed by atoms with E-state index < -0.39 is 17.4 Å². The van der Waals surface area contributed by atoms with E-state index in [2.05, 4.69) is 10.5 Å². The maximum absolute atomic E-state index is 15.7. The van der Waals surface area contributed by atoms with Gasteiger partial charge in [0.25, 0.3) is 0 Å². The third kappa shape index (κ3) is 4.31. The lowest BCUT2D eigenvalue weighted by atomic mass is 9.85. The fourth-order valence-electron chi connectivity index (χ4n) is 3.58. The topological polar surface area (TPSA) is 89.2 Å². The number of hydrazone groups is 1. The lowest BCUT2D eigenvalue weighted by Crippen LogP contribution is -2.45. The minimum Gasteiger partial charge on any atom is -0.496 e.